The maximum atomic E-state index is 3.17. The lowest BCUT2D eigenvalue weighted by Crippen LogP contribution is -2.62. The van der Waals surface area contributed by atoms with Crippen molar-refractivity contribution in [2.24, 2.45) is 11.8 Å². The maximum absolute atomic E-state index is 3.17. The van der Waals surface area contributed by atoms with Crippen LogP contribution in [0.3, 0.4) is 0 Å². The van der Waals surface area contributed by atoms with Gasteiger partial charge >= 0.3 is 0 Å². The van der Waals surface area contributed by atoms with Crippen molar-refractivity contribution in [2.75, 3.05) is 0 Å². The lowest BCUT2D eigenvalue weighted by molar-refractivity contribution is 0.00520. The molecule has 132 valence electrons. The molecular formula is C21H37NS. The summed E-state index contributed by atoms with van der Waals surface area (Å²) in [7, 11) is 0. The molecule has 6 atom stereocenters. The first-order valence-electron chi connectivity index (χ1n) is 10.7. The molecule has 3 saturated carbocycles. The summed E-state index contributed by atoms with van der Waals surface area (Å²) in [5, 5.41) is 1.95. The Morgan fingerprint density at radius 2 is 1.35 bits per heavy atom. The number of rotatable bonds is 2. The van der Waals surface area contributed by atoms with Crippen LogP contribution in [-0.2, 0) is 0 Å². The van der Waals surface area contributed by atoms with E-state index in [2.05, 4.69) is 30.5 Å². The van der Waals surface area contributed by atoms with Gasteiger partial charge in [-0.2, -0.15) is 11.8 Å². The third kappa shape index (κ3) is 3.36. The minimum atomic E-state index is 0.890. The molecule has 1 saturated heterocycles. The van der Waals surface area contributed by atoms with E-state index in [4.69, 9.17) is 0 Å². The quantitative estimate of drug-likeness (QED) is 0.620. The summed E-state index contributed by atoms with van der Waals surface area (Å²) in [4.78, 5) is 3.17. The zero-order chi connectivity index (χ0) is 15.8. The molecule has 3 aliphatic carbocycles. The predicted molar refractivity (Wildman–Crippen MR) is 102 cm³/mol. The van der Waals surface area contributed by atoms with Gasteiger partial charge in [-0.05, 0) is 50.4 Å². The largest absolute Gasteiger partial charge is 0.292 e. The van der Waals surface area contributed by atoms with Gasteiger partial charge in [-0.1, -0.05) is 52.4 Å². The van der Waals surface area contributed by atoms with Crippen LogP contribution in [0.4, 0.5) is 0 Å². The number of hydrogen-bond donors (Lipinski definition) is 0. The smallest absolute Gasteiger partial charge is 0.0221 e. The van der Waals surface area contributed by atoms with E-state index in [-0.39, 0.29) is 0 Å². The van der Waals surface area contributed by atoms with Crippen LogP contribution in [0.2, 0.25) is 0 Å². The summed E-state index contributed by atoms with van der Waals surface area (Å²) in [6.07, 6.45) is 18.0. The number of hydrogen-bond acceptors (Lipinski definition) is 2. The minimum Gasteiger partial charge on any atom is -0.292 e. The fourth-order valence-electron chi connectivity index (χ4n) is 6.24. The average Bonchev–Trinajstić information content (AvgIpc) is 2.59. The molecule has 4 rings (SSSR count). The maximum Gasteiger partial charge on any atom is 0.0221 e. The van der Waals surface area contributed by atoms with E-state index in [1.54, 1.807) is 0 Å². The third-order valence-electron chi connectivity index (χ3n) is 7.50. The SMILES string of the molecule is CC(C)C1CCCC(N2C3CCCCC3SC3CCCCC32)C1. The fourth-order valence-corrected chi connectivity index (χ4v) is 8.21. The Hall–Kier alpha value is 0.310. The molecule has 0 amide bonds. The Bertz CT molecular complexity index is 373. The Balaban J connectivity index is 1.56. The first-order chi connectivity index (χ1) is 11.2. The van der Waals surface area contributed by atoms with Crippen molar-refractivity contribution in [2.45, 2.75) is 120 Å². The van der Waals surface area contributed by atoms with Crippen molar-refractivity contribution in [3.8, 4) is 0 Å². The molecule has 23 heavy (non-hydrogen) atoms. The molecule has 1 heterocycles. The summed E-state index contributed by atoms with van der Waals surface area (Å²) in [6, 6.07) is 2.79. The van der Waals surface area contributed by atoms with Crippen LogP contribution in [0.15, 0.2) is 0 Å². The van der Waals surface area contributed by atoms with Crippen molar-refractivity contribution in [3.63, 3.8) is 0 Å². The van der Waals surface area contributed by atoms with Crippen LogP contribution < -0.4 is 0 Å². The molecule has 4 aliphatic rings. The Labute approximate surface area is 148 Å². The molecule has 0 bridgehead atoms. The van der Waals surface area contributed by atoms with Crippen LogP contribution in [0.5, 0.6) is 0 Å². The standard InChI is InChI=1S/C21H37NS/c1-15(2)16-8-7-9-17(14-16)22-18-10-3-5-12-20(18)23-21-13-6-4-11-19(21)22/h15-21H,3-14H2,1-2H3. The van der Waals surface area contributed by atoms with Crippen LogP contribution in [-0.4, -0.2) is 33.5 Å². The third-order valence-corrected chi connectivity index (χ3v) is 9.30. The molecular weight excluding hydrogens is 298 g/mol. The molecule has 1 nitrogen and oxygen atoms in total. The highest BCUT2D eigenvalue weighted by Crippen LogP contribution is 2.49. The Kier molecular flexibility index (Phi) is 5.30. The summed E-state index contributed by atoms with van der Waals surface area (Å²) < 4.78 is 0. The van der Waals surface area contributed by atoms with E-state index < -0.39 is 0 Å². The van der Waals surface area contributed by atoms with Gasteiger partial charge < -0.3 is 0 Å². The van der Waals surface area contributed by atoms with E-state index in [9.17, 15) is 0 Å². The second-order valence-corrected chi connectivity index (χ2v) is 10.7. The van der Waals surface area contributed by atoms with E-state index in [1.165, 1.54) is 77.0 Å². The van der Waals surface area contributed by atoms with Gasteiger partial charge in [0.1, 0.15) is 0 Å². The highest BCUT2D eigenvalue weighted by atomic mass is 32.2. The second-order valence-electron chi connectivity index (χ2n) is 9.19. The van der Waals surface area contributed by atoms with Gasteiger partial charge in [0.15, 0.2) is 0 Å². The number of nitrogens with zero attached hydrogens (tertiary/aromatic N) is 1. The summed E-state index contributed by atoms with van der Waals surface area (Å²) in [5.74, 6) is 1.88. The van der Waals surface area contributed by atoms with Gasteiger partial charge in [0.25, 0.3) is 0 Å². The normalized spacial score (nSPS) is 45.5. The molecule has 0 N–H and O–H groups in total. The van der Waals surface area contributed by atoms with Crippen molar-refractivity contribution in [1.82, 2.24) is 4.90 Å². The van der Waals surface area contributed by atoms with Crippen molar-refractivity contribution >= 4 is 11.8 Å². The molecule has 0 aromatic carbocycles. The van der Waals surface area contributed by atoms with Crippen LogP contribution >= 0.6 is 11.8 Å². The first-order valence-corrected chi connectivity index (χ1v) is 11.6. The lowest BCUT2D eigenvalue weighted by atomic mass is 9.76. The first kappa shape index (κ1) is 16.8. The Morgan fingerprint density at radius 3 is 1.96 bits per heavy atom. The fraction of sp³-hybridized carbons (Fsp3) is 1.00. The molecule has 4 fully saturated rings. The molecule has 0 spiro atoms. The molecule has 0 radical (unpaired) electrons. The van der Waals surface area contributed by atoms with Gasteiger partial charge in [0.05, 0.1) is 0 Å². The number of fused-ring (bicyclic) bond motifs is 2. The highest BCUT2D eigenvalue weighted by molar-refractivity contribution is 8.00. The van der Waals surface area contributed by atoms with Crippen molar-refractivity contribution in [1.29, 1.82) is 0 Å². The van der Waals surface area contributed by atoms with E-state index in [0.29, 0.717) is 0 Å². The summed E-state index contributed by atoms with van der Waals surface area (Å²) in [6.45, 7) is 4.93. The van der Waals surface area contributed by atoms with Gasteiger partial charge in [-0.25, -0.2) is 0 Å². The van der Waals surface area contributed by atoms with E-state index >= 15 is 0 Å². The molecule has 1 aliphatic heterocycles. The van der Waals surface area contributed by atoms with Crippen LogP contribution in [0, 0.1) is 11.8 Å². The predicted octanol–water partition coefficient (Wildman–Crippen LogP) is 5.87. The van der Waals surface area contributed by atoms with Crippen LogP contribution in [0.1, 0.15) is 90.9 Å². The lowest BCUT2D eigenvalue weighted by Gasteiger charge is -2.57. The van der Waals surface area contributed by atoms with Crippen LogP contribution in [0.25, 0.3) is 0 Å². The number of thioether (sulfide) groups is 1. The zero-order valence-corrected chi connectivity index (χ0v) is 16.2. The minimum absolute atomic E-state index is 0.890. The summed E-state index contributed by atoms with van der Waals surface area (Å²) in [5.41, 5.74) is 0. The molecule has 0 aromatic heterocycles. The van der Waals surface area contributed by atoms with Gasteiger partial charge in [0.2, 0.25) is 0 Å². The van der Waals surface area contributed by atoms with E-state index in [1.807, 2.05) is 0 Å². The highest BCUT2D eigenvalue weighted by Gasteiger charge is 2.47. The average molecular weight is 336 g/mol. The molecule has 0 aromatic rings. The van der Waals surface area contributed by atoms with Gasteiger partial charge in [-0.15, -0.1) is 0 Å². The Morgan fingerprint density at radius 1 is 0.739 bits per heavy atom. The zero-order valence-electron chi connectivity index (χ0n) is 15.4. The monoisotopic (exact) mass is 335 g/mol. The van der Waals surface area contributed by atoms with Gasteiger partial charge in [-0.3, -0.25) is 4.90 Å². The summed E-state index contributed by atoms with van der Waals surface area (Å²) >= 11 is 2.43. The van der Waals surface area contributed by atoms with Crippen molar-refractivity contribution < 1.29 is 0 Å². The molecule has 6 unspecified atom stereocenters. The second kappa shape index (κ2) is 7.28. The van der Waals surface area contributed by atoms with Gasteiger partial charge in [0, 0.05) is 28.6 Å². The van der Waals surface area contributed by atoms with E-state index in [0.717, 1.165) is 40.5 Å². The van der Waals surface area contributed by atoms with Crippen molar-refractivity contribution in [3.05, 3.63) is 0 Å². The topological polar surface area (TPSA) is 3.24 Å². The molecule has 2 heteroatoms.